The number of amides is 1. The molecule has 1 N–H and O–H groups in total. The number of carbonyl (C=O) groups is 1. The maximum absolute atomic E-state index is 12.2. The highest BCUT2D eigenvalue weighted by atomic mass is 16.2. The van der Waals surface area contributed by atoms with Crippen molar-refractivity contribution >= 4 is 11.6 Å². The summed E-state index contributed by atoms with van der Waals surface area (Å²) in [6.07, 6.45) is 0.880. The van der Waals surface area contributed by atoms with Crippen LogP contribution in [0.1, 0.15) is 23.5 Å². The van der Waals surface area contributed by atoms with Gasteiger partial charge in [0, 0.05) is 5.92 Å². The molecule has 2 aromatic carbocycles. The van der Waals surface area contributed by atoms with Crippen LogP contribution >= 0.6 is 0 Å². The maximum atomic E-state index is 12.2. The van der Waals surface area contributed by atoms with Crippen LogP contribution in [-0.4, -0.2) is 5.91 Å². The van der Waals surface area contributed by atoms with Crippen molar-refractivity contribution in [3.8, 4) is 6.07 Å². The minimum Gasteiger partial charge on any atom is -0.325 e. The topological polar surface area (TPSA) is 52.9 Å². The third kappa shape index (κ3) is 2.41. The molecule has 1 saturated carbocycles. The van der Waals surface area contributed by atoms with Gasteiger partial charge in [-0.2, -0.15) is 5.26 Å². The van der Waals surface area contributed by atoms with Gasteiger partial charge >= 0.3 is 0 Å². The fourth-order valence-corrected chi connectivity index (χ4v) is 2.47. The maximum Gasteiger partial charge on any atom is 0.228 e. The first-order chi connectivity index (χ1) is 9.79. The molecule has 0 unspecified atom stereocenters. The molecule has 3 rings (SSSR count). The molecule has 0 radical (unpaired) electrons. The number of rotatable bonds is 3. The van der Waals surface area contributed by atoms with Crippen LogP contribution in [0, 0.1) is 17.2 Å². The first kappa shape index (κ1) is 12.4. The Kier molecular flexibility index (Phi) is 3.22. The summed E-state index contributed by atoms with van der Waals surface area (Å²) in [7, 11) is 0. The zero-order valence-corrected chi connectivity index (χ0v) is 10.9. The van der Waals surface area contributed by atoms with Gasteiger partial charge in [0.05, 0.1) is 11.3 Å². The van der Waals surface area contributed by atoms with Gasteiger partial charge in [-0.25, -0.2) is 0 Å². The van der Waals surface area contributed by atoms with Crippen LogP contribution in [0.15, 0.2) is 54.6 Å². The first-order valence-electron chi connectivity index (χ1n) is 6.64. The van der Waals surface area contributed by atoms with E-state index in [0.717, 1.165) is 6.42 Å². The highest BCUT2D eigenvalue weighted by Crippen LogP contribution is 2.47. The predicted octanol–water partition coefficient (Wildman–Crippen LogP) is 3.30. The lowest BCUT2D eigenvalue weighted by atomic mass is 10.1. The molecule has 2 aromatic rings. The molecule has 0 saturated heterocycles. The van der Waals surface area contributed by atoms with E-state index in [1.165, 1.54) is 5.56 Å². The van der Waals surface area contributed by atoms with Gasteiger partial charge < -0.3 is 5.32 Å². The third-order valence-electron chi connectivity index (χ3n) is 3.66. The Morgan fingerprint density at radius 2 is 1.80 bits per heavy atom. The molecule has 0 aliphatic heterocycles. The number of nitrogens with one attached hydrogen (secondary N) is 1. The van der Waals surface area contributed by atoms with Crippen LogP contribution in [0.25, 0.3) is 0 Å². The van der Waals surface area contributed by atoms with Crippen molar-refractivity contribution in [2.75, 3.05) is 5.32 Å². The predicted molar refractivity (Wildman–Crippen MR) is 77.1 cm³/mol. The van der Waals surface area contributed by atoms with E-state index in [4.69, 9.17) is 5.26 Å². The molecule has 1 aliphatic carbocycles. The fraction of sp³-hybridized carbons (Fsp3) is 0.176. The molecule has 0 aromatic heterocycles. The molecule has 3 nitrogen and oxygen atoms in total. The second kappa shape index (κ2) is 5.18. The van der Waals surface area contributed by atoms with E-state index in [9.17, 15) is 4.79 Å². The zero-order valence-electron chi connectivity index (χ0n) is 10.9. The number of anilines is 1. The molecule has 0 spiro atoms. The molecule has 3 heteroatoms. The van der Waals surface area contributed by atoms with E-state index in [2.05, 4.69) is 23.5 Å². The molecular formula is C17H14N2O. The number of hydrogen-bond acceptors (Lipinski definition) is 2. The Hall–Kier alpha value is -2.60. The van der Waals surface area contributed by atoms with E-state index in [0.29, 0.717) is 17.2 Å². The van der Waals surface area contributed by atoms with Crippen LogP contribution in [0.2, 0.25) is 0 Å². The molecule has 2 atom stereocenters. The van der Waals surface area contributed by atoms with Crippen LogP contribution < -0.4 is 5.32 Å². The van der Waals surface area contributed by atoms with Crippen molar-refractivity contribution in [2.45, 2.75) is 12.3 Å². The van der Waals surface area contributed by atoms with Crippen LogP contribution in [0.3, 0.4) is 0 Å². The summed E-state index contributed by atoms with van der Waals surface area (Å²) in [6, 6.07) is 19.2. The van der Waals surface area contributed by atoms with Crippen LogP contribution in [-0.2, 0) is 4.79 Å². The van der Waals surface area contributed by atoms with Gasteiger partial charge in [-0.05, 0) is 30.0 Å². The lowest BCUT2D eigenvalue weighted by Gasteiger charge is -2.06. The molecule has 98 valence electrons. The lowest BCUT2D eigenvalue weighted by molar-refractivity contribution is -0.117. The first-order valence-corrected chi connectivity index (χ1v) is 6.64. The van der Waals surface area contributed by atoms with Crippen molar-refractivity contribution in [3.05, 3.63) is 65.7 Å². The second-order valence-corrected chi connectivity index (χ2v) is 5.01. The van der Waals surface area contributed by atoms with Gasteiger partial charge in [-0.15, -0.1) is 0 Å². The number of nitriles is 1. The molecule has 1 fully saturated rings. The molecule has 1 amide bonds. The normalized spacial score (nSPS) is 19.9. The van der Waals surface area contributed by atoms with Gasteiger partial charge in [0.25, 0.3) is 0 Å². The van der Waals surface area contributed by atoms with E-state index in [-0.39, 0.29) is 11.8 Å². The van der Waals surface area contributed by atoms with Crippen molar-refractivity contribution in [3.63, 3.8) is 0 Å². The second-order valence-electron chi connectivity index (χ2n) is 5.01. The number of hydrogen-bond donors (Lipinski definition) is 1. The summed E-state index contributed by atoms with van der Waals surface area (Å²) in [5.74, 6) is 0.330. The van der Waals surface area contributed by atoms with Gasteiger partial charge in [-0.1, -0.05) is 42.5 Å². The van der Waals surface area contributed by atoms with E-state index in [1.807, 2.05) is 24.3 Å². The molecule has 0 bridgehead atoms. The highest BCUT2D eigenvalue weighted by molar-refractivity contribution is 5.96. The lowest BCUT2D eigenvalue weighted by Crippen LogP contribution is -2.15. The van der Waals surface area contributed by atoms with Crippen molar-refractivity contribution in [1.82, 2.24) is 0 Å². The summed E-state index contributed by atoms with van der Waals surface area (Å²) < 4.78 is 0. The van der Waals surface area contributed by atoms with Gasteiger partial charge in [-0.3, -0.25) is 4.79 Å². The molecule has 20 heavy (non-hydrogen) atoms. The van der Waals surface area contributed by atoms with Crippen LogP contribution in [0.5, 0.6) is 0 Å². The average Bonchev–Trinajstić information content (AvgIpc) is 3.29. The Morgan fingerprint density at radius 1 is 1.10 bits per heavy atom. The van der Waals surface area contributed by atoms with Crippen molar-refractivity contribution in [2.24, 2.45) is 5.92 Å². The summed E-state index contributed by atoms with van der Waals surface area (Å²) in [6.45, 7) is 0. The number of para-hydroxylation sites is 1. The van der Waals surface area contributed by atoms with Crippen LogP contribution in [0.4, 0.5) is 5.69 Å². The average molecular weight is 262 g/mol. The summed E-state index contributed by atoms with van der Waals surface area (Å²) >= 11 is 0. The number of nitrogens with zero attached hydrogens (tertiary/aromatic N) is 1. The fourth-order valence-electron chi connectivity index (χ4n) is 2.47. The number of carbonyl (C=O) groups excluding carboxylic acids is 1. The third-order valence-corrected chi connectivity index (χ3v) is 3.66. The Bertz CT molecular complexity index is 673. The van der Waals surface area contributed by atoms with Gasteiger partial charge in [0.15, 0.2) is 0 Å². The summed E-state index contributed by atoms with van der Waals surface area (Å²) in [5.41, 5.74) is 2.30. The Balaban J connectivity index is 1.69. The standard InChI is InChI=1S/C17H14N2O/c18-11-13-8-4-5-9-16(13)19-17(20)15-10-14(15)12-6-2-1-3-7-12/h1-9,14-15H,10H2,(H,19,20)/t14-,15-/m0/s1. The van der Waals surface area contributed by atoms with Gasteiger partial charge in [0.1, 0.15) is 6.07 Å². The highest BCUT2D eigenvalue weighted by Gasteiger charge is 2.43. The summed E-state index contributed by atoms with van der Waals surface area (Å²) in [5, 5.41) is 11.9. The largest absolute Gasteiger partial charge is 0.325 e. The van der Waals surface area contributed by atoms with Crippen molar-refractivity contribution < 1.29 is 4.79 Å². The molecule has 1 aliphatic rings. The number of benzene rings is 2. The zero-order chi connectivity index (χ0) is 13.9. The molecular weight excluding hydrogens is 248 g/mol. The minimum absolute atomic E-state index is 0.00144. The monoisotopic (exact) mass is 262 g/mol. The van der Waals surface area contributed by atoms with E-state index in [1.54, 1.807) is 18.2 Å². The SMILES string of the molecule is N#Cc1ccccc1NC(=O)[C@H]1C[C@H]1c1ccccc1. The summed E-state index contributed by atoms with van der Waals surface area (Å²) in [4.78, 5) is 12.2. The van der Waals surface area contributed by atoms with Crippen molar-refractivity contribution in [1.29, 1.82) is 5.26 Å². The van der Waals surface area contributed by atoms with E-state index >= 15 is 0 Å². The minimum atomic E-state index is 0.00144. The smallest absolute Gasteiger partial charge is 0.228 e. The Morgan fingerprint density at radius 3 is 2.55 bits per heavy atom. The quantitative estimate of drug-likeness (QED) is 0.922. The molecule has 0 heterocycles. The van der Waals surface area contributed by atoms with Gasteiger partial charge in [0.2, 0.25) is 5.91 Å². The Labute approximate surface area is 117 Å². The van der Waals surface area contributed by atoms with E-state index < -0.39 is 0 Å².